The Hall–Kier alpha value is -2.34. The van der Waals surface area contributed by atoms with Crippen molar-refractivity contribution in [1.82, 2.24) is 4.90 Å². The fourth-order valence-corrected chi connectivity index (χ4v) is 3.16. The smallest absolute Gasteiger partial charge is 0.407 e. The molecule has 2 N–H and O–H groups in total. The summed E-state index contributed by atoms with van der Waals surface area (Å²) >= 11 is 3.41. The number of carboxylic acid groups (broad SMARTS) is 1. The summed E-state index contributed by atoms with van der Waals surface area (Å²) < 4.78 is 7.08. The number of carbonyl (C=O) groups is 1. The molecule has 6 heteroatoms. The Morgan fingerprint density at radius 2 is 1.76 bits per heavy atom. The fraction of sp³-hybridized carbons (Fsp3) is 0.263. The van der Waals surface area contributed by atoms with Gasteiger partial charge in [0.2, 0.25) is 0 Å². The molecule has 1 saturated heterocycles. The third-order valence-electron chi connectivity index (χ3n) is 4.30. The molecule has 2 aromatic carbocycles. The van der Waals surface area contributed by atoms with Crippen LogP contribution in [0.1, 0.15) is 24.0 Å². The van der Waals surface area contributed by atoms with Crippen LogP contribution in [0.25, 0.3) is 0 Å². The van der Waals surface area contributed by atoms with Crippen molar-refractivity contribution in [2.45, 2.75) is 18.9 Å². The lowest BCUT2D eigenvalue weighted by atomic mass is 10.0. The van der Waals surface area contributed by atoms with Gasteiger partial charge in [0.25, 0.3) is 0 Å². The molecular formula is C19H19BrN2O3. The second-order valence-corrected chi connectivity index (χ2v) is 6.88. The molecule has 0 aromatic heterocycles. The zero-order valence-corrected chi connectivity index (χ0v) is 15.2. The Morgan fingerprint density at radius 3 is 2.40 bits per heavy atom. The minimum absolute atomic E-state index is 0.0329. The highest BCUT2D eigenvalue weighted by molar-refractivity contribution is 9.10. The Kier molecular flexibility index (Phi) is 5.38. The van der Waals surface area contributed by atoms with Crippen LogP contribution in [-0.4, -0.2) is 41.0 Å². The number of para-hydroxylation sites is 1. The molecule has 5 nitrogen and oxygen atoms in total. The zero-order chi connectivity index (χ0) is 17.8. The summed E-state index contributed by atoms with van der Waals surface area (Å²) in [5, 5.41) is 17.5. The number of hydrogen-bond donors (Lipinski definition) is 2. The predicted octanol–water partition coefficient (Wildman–Crippen LogP) is 4.39. The highest BCUT2D eigenvalue weighted by atomic mass is 79.9. The van der Waals surface area contributed by atoms with Crippen LogP contribution in [0.15, 0.2) is 53.0 Å². The van der Waals surface area contributed by atoms with Crippen LogP contribution in [0, 0.1) is 5.41 Å². The number of benzene rings is 2. The van der Waals surface area contributed by atoms with E-state index in [2.05, 4.69) is 15.9 Å². The normalized spacial score (nSPS) is 15.0. The highest BCUT2D eigenvalue weighted by Crippen LogP contribution is 2.26. The highest BCUT2D eigenvalue weighted by Gasteiger charge is 2.24. The number of nitrogens with zero attached hydrogens (tertiary/aromatic N) is 1. The summed E-state index contributed by atoms with van der Waals surface area (Å²) in [6, 6.07) is 15.1. The molecule has 0 spiro atoms. The van der Waals surface area contributed by atoms with Gasteiger partial charge in [-0.15, -0.1) is 0 Å². The van der Waals surface area contributed by atoms with Gasteiger partial charge in [0.1, 0.15) is 11.9 Å². The van der Waals surface area contributed by atoms with E-state index in [9.17, 15) is 4.79 Å². The van der Waals surface area contributed by atoms with Crippen molar-refractivity contribution in [2.24, 2.45) is 0 Å². The van der Waals surface area contributed by atoms with Crippen LogP contribution < -0.4 is 4.74 Å². The number of ether oxygens (including phenoxy) is 1. The van der Waals surface area contributed by atoms with Gasteiger partial charge in [0.15, 0.2) is 0 Å². The minimum Gasteiger partial charge on any atom is -0.490 e. The Morgan fingerprint density at radius 1 is 1.12 bits per heavy atom. The Labute approximate surface area is 154 Å². The fourth-order valence-electron chi connectivity index (χ4n) is 2.89. The van der Waals surface area contributed by atoms with Gasteiger partial charge in [-0.3, -0.25) is 5.41 Å². The molecule has 1 heterocycles. The largest absolute Gasteiger partial charge is 0.490 e. The van der Waals surface area contributed by atoms with E-state index in [1.807, 2.05) is 48.5 Å². The molecule has 0 radical (unpaired) electrons. The van der Waals surface area contributed by atoms with E-state index in [4.69, 9.17) is 15.3 Å². The lowest BCUT2D eigenvalue weighted by Crippen LogP contribution is -2.41. The molecule has 0 unspecified atom stereocenters. The molecule has 1 amide bonds. The van der Waals surface area contributed by atoms with Gasteiger partial charge in [-0.1, -0.05) is 40.2 Å². The van der Waals surface area contributed by atoms with Gasteiger partial charge in [-0.05, 0) is 24.3 Å². The number of amides is 1. The van der Waals surface area contributed by atoms with E-state index in [0.717, 1.165) is 15.6 Å². The lowest BCUT2D eigenvalue weighted by Gasteiger charge is -2.30. The van der Waals surface area contributed by atoms with Crippen molar-refractivity contribution in [3.63, 3.8) is 0 Å². The van der Waals surface area contributed by atoms with Gasteiger partial charge in [0.05, 0.1) is 5.71 Å². The minimum atomic E-state index is -0.879. The van der Waals surface area contributed by atoms with Crippen LogP contribution in [-0.2, 0) is 0 Å². The molecule has 0 saturated carbocycles. The maximum atomic E-state index is 11.0. The number of piperidine rings is 1. The zero-order valence-electron chi connectivity index (χ0n) is 13.6. The molecule has 130 valence electrons. The number of rotatable bonds is 4. The maximum Gasteiger partial charge on any atom is 0.407 e. The van der Waals surface area contributed by atoms with E-state index in [1.165, 1.54) is 4.90 Å². The van der Waals surface area contributed by atoms with Gasteiger partial charge in [0, 0.05) is 41.5 Å². The number of likely N-dealkylation sites (tertiary alicyclic amines) is 1. The first-order valence-electron chi connectivity index (χ1n) is 8.13. The molecular weight excluding hydrogens is 384 g/mol. The second-order valence-electron chi connectivity index (χ2n) is 5.96. The van der Waals surface area contributed by atoms with Gasteiger partial charge in [-0.25, -0.2) is 4.79 Å². The summed E-state index contributed by atoms with van der Waals surface area (Å²) in [4.78, 5) is 12.4. The van der Waals surface area contributed by atoms with Crippen molar-refractivity contribution >= 4 is 27.7 Å². The van der Waals surface area contributed by atoms with Gasteiger partial charge in [-0.2, -0.15) is 0 Å². The average Bonchev–Trinajstić information content (AvgIpc) is 2.63. The SMILES string of the molecule is N=C(c1ccc(Br)cc1)c1ccccc1OC1CCN(C(=O)O)CC1. The molecule has 3 rings (SSSR count). The molecule has 0 atom stereocenters. The van der Waals surface area contributed by atoms with E-state index >= 15 is 0 Å². The Bertz CT molecular complexity index is 768. The molecule has 0 bridgehead atoms. The average molecular weight is 403 g/mol. The second kappa shape index (κ2) is 7.70. The van der Waals surface area contributed by atoms with E-state index in [1.54, 1.807) is 0 Å². The molecule has 1 fully saturated rings. The molecule has 1 aliphatic heterocycles. The standard InChI is InChI=1S/C19H19BrN2O3/c20-14-7-5-13(6-8-14)18(21)16-3-1-2-4-17(16)25-15-9-11-22(12-10-15)19(23)24/h1-8,15,21H,9-12H2,(H,23,24). The number of halogens is 1. The molecule has 25 heavy (non-hydrogen) atoms. The maximum absolute atomic E-state index is 11.0. The van der Waals surface area contributed by atoms with E-state index < -0.39 is 6.09 Å². The summed E-state index contributed by atoms with van der Waals surface area (Å²) in [7, 11) is 0. The summed E-state index contributed by atoms with van der Waals surface area (Å²) in [6.07, 6.45) is 0.406. The number of hydrogen-bond acceptors (Lipinski definition) is 3. The van der Waals surface area contributed by atoms with Crippen molar-refractivity contribution in [3.05, 3.63) is 64.1 Å². The summed E-state index contributed by atoms with van der Waals surface area (Å²) in [5.41, 5.74) is 1.97. The first-order chi connectivity index (χ1) is 12.0. The van der Waals surface area contributed by atoms with Gasteiger partial charge < -0.3 is 14.7 Å². The topological polar surface area (TPSA) is 73.6 Å². The van der Waals surface area contributed by atoms with Crippen LogP contribution in [0.3, 0.4) is 0 Å². The monoisotopic (exact) mass is 402 g/mol. The van der Waals surface area contributed by atoms with Crippen LogP contribution in [0.2, 0.25) is 0 Å². The first kappa shape index (κ1) is 17.5. The van der Waals surface area contributed by atoms with Crippen molar-refractivity contribution in [3.8, 4) is 5.75 Å². The van der Waals surface area contributed by atoms with E-state index in [-0.39, 0.29) is 6.10 Å². The van der Waals surface area contributed by atoms with Crippen molar-refractivity contribution < 1.29 is 14.6 Å². The Balaban J connectivity index is 1.74. The summed E-state index contributed by atoms with van der Waals surface area (Å²) in [5.74, 6) is 0.671. The predicted molar refractivity (Wildman–Crippen MR) is 99.8 cm³/mol. The van der Waals surface area contributed by atoms with Crippen molar-refractivity contribution in [2.75, 3.05) is 13.1 Å². The van der Waals surface area contributed by atoms with Crippen LogP contribution in [0.5, 0.6) is 5.75 Å². The molecule has 1 aliphatic rings. The number of nitrogens with one attached hydrogen (secondary N) is 1. The van der Waals surface area contributed by atoms with Crippen LogP contribution >= 0.6 is 15.9 Å². The van der Waals surface area contributed by atoms with Crippen LogP contribution in [0.4, 0.5) is 4.79 Å². The van der Waals surface area contributed by atoms with Gasteiger partial charge >= 0.3 is 6.09 Å². The first-order valence-corrected chi connectivity index (χ1v) is 8.92. The lowest BCUT2D eigenvalue weighted by molar-refractivity contribution is 0.0894. The molecule has 2 aromatic rings. The third-order valence-corrected chi connectivity index (χ3v) is 4.82. The summed E-state index contributed by atoms with van der Waals surface area (Å²) in [6.45, 7) is 0.957. The quantitative estimate of drug-likeness (QED) is 0.744. The van der Waals surface area contributed by atoms with Crippen molar-refractivity contribution in [1.29, 1.82) is 5.41 Å². The van der Waals surface area contributed by atoms with E-state index in [0.29, 0.717) is 37.4 Å². The third kappa shape index (κ3) is 4.20. The molecule has 0 aliphatic carbocycles.